The first kappa shape index (κ1) is 25.0. The van der Waals surface area contributed by atoms with E-state index in [0.717, 1.165) is 35.5 Å². The summed E-state index contributed by atoms with van der Waals surface area (Å²) in [6, 6.07) is 22.5. The highest BCUT2D eigenvalue weighted by Gasteiger charge is 2.29. The Labute approximate surface area is 211 Å². The fourth-order valence-corrected chi connectivity index (χ4v) is 4.00. The minimum absolute atomic E-state index is 0.238. The van der Waals surface area contributed by atoms with Gasteiger partial charge in [0.2, 0.25) is 0 Å². The maximum atomic E-state index is 13.1. The Kier molecular flexibility index (Phi) is 8.02. The monoisotopic (exact) mass is 485 g/mol. The number of ether oxygens (including phenoxy) is 2. The van der Waals surface area contributed by atoms with Crippen molar-refractivity contribution in [2.75, 3.05) is 44.5 Å². The molecule has 186 valence electrons. The van der Waals surface area contributed by atoms with Crippen LogP contribution >= 0.6 is 0 Å². The third-order valence-corrected chi connectivity index (χ3v) is 5.73. The Morgan fingerprint density at radius 2 is 1.72 bits per heavy atom. The van der Waals surface area contributed by atoms with Gasteiger partial charge in [0.25, 0.3) is 5.91 Å². The molecule has 2 N–H and O–H groups in total. The molecule has 0 aromatic heterocycles. The molecule has 1 aliphatic rings. The molecule has 0 unspecified atom stereocenters. The Bertz CT molecular complexity index is 1250. The maximum Gasteiger partial charge on any atom is 0.338 e. The van der Waals surface area contributed by atoms with Crippen molar-refractivity contribution in [3.8, 4) is 5.75 Å². The quantitative estimate of drug-likeness (QED) is 0.236. The lowest BCUT2D eigenvalue weighted by atomic mass is 9.99. The summed E-state index contributed by atoms with van der Waals surface area (Å²) in [7, 11) is 4.09. The van der Waals surface area contributed by atoms with Crippen LogP contribution in [-0.4, -0.2) is 50.6 Å². The van der Waals surface area contributed by atoms with Gasteiger partial charge in [0.1, 0.15) is 5.75 Å². The lowest BCUT2D eigenvalue weighted by Crippen LogP contribution is -2.15. The summed E-state index contributed by atoms with van der Waals surface area (Å²) in [5.74, 6) is 0.138. The molecule has 0 aliphatic carbocycles. The van der Waals surface area contributed by atoms with Gasteiger partial charge in [0.15, 0.2) is 0 Å². The van der Waals surface area contributed by atoms with Crippen LogP contribution in [0.1, 0.15) is 34.8 Å². The molecule has 3 aromatic carbocycles. The van der Waals surface area contributed by atoms with E-state index in [2.05, 4.69) is 15.5 Å². The van der Waals surface area contributed by atoms with Crippen LogP contribution in [0.4, 0.5) is 11.4 Å². The normalized spacial score (nSPS) is 13.7. The molecular formula is C29H31N3O4. The van der Waals surface area contributed by atoms with Crippen LogP contribution < -0.4 is 15.4 Å². The van der Waals surface area contributed by atoms with Gasteiger partial charge in [-0.3, -0.25) is 4.79 Å². The Morgan fingerprint density at radius 1 is 0.972 bits per heavy atom. The van der Waals surface area contributed by atoms with Gasteiger partial charge in [-0.05, 0) is 69.4 Å². The molecule has 1 amide bonds. The standard InChI is InChI=1S/C29H31N3O4/c1-4-35-29(34)21-11-16-24-25(19-21)31-28(33)26(24)27(20-9-6-5-7-10-20)30-22-12-14-23(15-13-22)36-18-8-17-32(2)3/h5-7,9-16,19,30H,4,8,17-18H2,1-3H3,(H,31,33)/b27-26-. The zero-order chi connectivity index (χ0) is 25.5. The average molecular weight is 486 g/mol. The van der Waals surface area contributed by atoms with Crippen LogP contribution in [0, 0.1) is 0 Å². The van der Waals surface area contributed by atoms with Crippen molar-refractivity contribution in [3.63, 3.8) is 0 Å². The van der Waals surface area contributed by atoms with E-state index in [1.807, 2.05) is 68.7 Å². The zero-order valence-corrected chi connectivity index (χ0v) is 20.8. The van der Waals surface area contributed by atoms with Crippen LogP contribution in [0.2, 0.25) is 0 Å². The van der Waals surface area contributed by atoms with Gasteiger partial charge in [0, 0.05) is 17.8 Å². The van der Waals surface area contributed by atoms with Gasteiger partial charge in [-0.1, -0.05) is 36.4 Å². The largest absolute Gasteiger partial charge is 0.494 e. The number of nitrogens with zero attached hydrogens (tertiary/aromatic N) is 1. The van der Waals surface area contributed by atoms with Gasteiger partial charge in [-0.2, -0.15) is 0 Å². The molecule has 4 rings (SSSR count). The Morgan fingerprint density at radius 3 is 2.42 bits per heavy atom. The number of esters is 1. The second-order valence-electron chi connectivity index (χ2n) is 8.71. The molecule has 3 aromatic rings. The molecule has 36 heavy (non-hydrogen) atoms. The summed E-state index contributed by atoms with van der Waals surface area (Å²) >= 11 is 0. The molecule has 0 fully saturated rings. The lowest BCUT2D eigenvalue weighted by Gasteiger charge is -2.15. The van der Waals surface area contributed by atoms with Gasteiger partial charge < -0.3 is 25.0 Å². The van der Waals surface area contributed by atoms with Crippen molar-refractivity contribution in [2.45, 2.75) is 13.3 Å². The first-order valence-corrected chi connectivity index (χ1v) is 12.0. The van der Waals surface area contributed by atoms with Gasteiger partial charge in [0.05, 0.1) is 35.7 Å². The van der Waals surface area contributed by atoms with Crippen molar-refractivity contribution in [3.05, 3.63) is 89.5 Å². The van der Waals surface area contributed by atoms with E-state index in [-0.39, 0.29) is 12.5 Å². The third kappa shape index (κ3) is 5.93. The van der Waals surface area contributed by atoms with E-state index in [4.69, 9.17) is 9.47 Å². The van der Waals surface area contributed by atoms with Crippen LogP contribution in [0.15, 0.2) is 72.8 Å². The van der Waals surface area contributed by atoms with E-state index in [0.29, 0.717) is 29.1 Å². The first-order valence-electron chi connectivity index (χ1n) is 12.0. The number of fused-ring (bicyclic) bond motifs is 1. The molecule has 0 bridgehead atoms. The van der Waals surface area contributed by atoms with Crippen LogP contribution in [-0.2, 0) is 9.53 Å². The van der Waals surface area contributed by atoms with Crippen molar-refractivity contribution < 1.29 is 19.1 Å². The van der Waals surface area contributed by atoms with E-state index in [1.165, 1.54) is 0 Å². The summed E-state index contributed by atoms with van der Waals surface area (Å²) in [5, 5.41) is 6.34. The summed E-state index contributed by atoms with van der Waals surface area (Å²) in [5.41, 5.74) is 4.58. The molecule has 0 saturated heterocycles. The smallest absolute Gasteiger partial charge is 0.338 e. The maximum absolute atomic E-state index is 13.1. The minimum Gasteiger partial charge on any atom is -0.494 e. The second kappa shape index (κ2) is 11.6. The predicted molar refractivity (Wildman–Crippen MR) is 143 cm³/mol. The molecule has 0 radical (unpaired) electrons. The molecule has 7 heteroatoms. The first-order chi connectivity index (χ1) is 17.5. The second-order valence-corrected chi connectivity index (χ2v) is 8.71. The topological polar surface area (TPSA) is 79.9 Å². The van der Waals surface area contributed by atoms with Crippen molar-refractivity contribution >= 4 is 34.5 Å². The van der Waals surface area contributed by atoms with Crippen molar-refractivity contribution in [1.29, 1.82) is 0 Å². The van der Waals surface area contributed by atoms with Crippen LogP contribution in [0.25, 0.3) is 11.3 Å². The molecule has 1 heterocycles. The Hall–Kier alpha value is -4.10. The number of hydrogen-bond donors (Lipinski definition) is 2. The fraction of sp³-hybridized carbons (Fsp3) is 0.241. The highest BCUT2D eigenvalue weighted by molar-refractivity contribution is 6.37. The van der Waals surface area contributed by atoms with Crippen LogP contribution in [0.3, 0.4) is 0 Å². The van der Waals surface area contributed by atoms with Gasteiger partial charge in [-0.15, -0.1) is 0 Å². The minimum atomic E-state index is -0.419. The summed E-state index contributed by atoms with van der Waals surface area (Å²) in [4.78, 5) is 27.4. The summed E-state index contributed by atoms with van der Waals surface area (Å²) < 4.78 is 10.9. The van der Waals surface area contributed by atoms with E-state index in [1.54, 1.807) is 25.1 Å². The molecule has 1 aliphatic heterocycles. The van der Waals surface area contributed by atoms with Crippen molar-refractivity contribution in [1.82, 2.24) is 4.90 Å². The highest BCUT2D eigenvalue weighted by atomic mass is 16.5. The summed E-state index contributed by atoms with van der Waals surface area (Å²) in [6.45, 7) is 3.67. The Balaban J connectivity index is 1.63. The number of carbonyl (C=O) groups excluding carboxylic acids is 2. The fourth-order valence-electron chi connectivity index (χ4n) is 4.00. The number of amides is 1. The molecule has 0 spiro atoms. The number of benzene rings is 3. The average Bonchev–Trinajstić information content (AvgIpc) is 3.21. The highest BCUT2D eigenvalue weighted by Crippen LogP contribution is 2.38. The number of hydrogen-bond acceptors (Lipinski definition) is 6. The molecular weight excluding hydrogens is 454 g/mol. The van der Waals surface area contributed by atoms with Gasteiger partial charge >= 0.3 is 5.97 Å². The SMILES string of the molecule is CCOC(=O)c1ccc2c(c1)NC(=O)/C2=C(\Nc1ccc(OCCCN(C)C)cc1)c1ccccc1. The van der Waals surface area contributed by atoms with Crippen molar-refractivity contribution in [2.24, 2.45) is 0 Å². The number of anilines is 2. The predicted octanol–water partition coefficient (Wildman–Crippen LogP) is 5.13. The third-order valence-electron chi connectivity index (χ3n) is 5.73. The van der Waals surface area contributed by atoms with Crippen LogP contribution in [0.5, 0.6) is 5.75 Å². The molecule has 0 atom stereocenters. The summed E-state index contributed by atoms with van der Waals surface area (Å²) in [6.07, 6.45) is 0.948. The number of rotatable bonds is 10. The van der Waals surface area contributed by atoms with E-state index < -0.39 is 5.97 Å². The number of carbonyl (C=O) groups is 2. The number of nitrogens with one attached hydrogen (secondary N) is 2. The van der Waals surface area contributed by atoms with E-state index in [9.17, 15) is 9.59 Å². The molecule has 0 saturated carbocycles. The lowest BCUT2D eigenvalue weighted by molar-refractivity contribution is -0.110. The van der Waals surface area contributed by atoms with Gasteiger partial charge in [-0.25, -0.2) is 4.79 Å². The zero-order valence-electron chi connectivity index (χ0n) is 20.8. The molecule has 7 nitrogen and oxygen atoms in total. The van der Waals surface area contributed by atoms with E-state index >= 15 is 0 Å².